The Morgan fingerprint density at radius 2 is 2.23 bits per heavy atom. The molecule has 0 unspecified atom stereocenters. The Kier molecular flexibility index (Phi) is 4.42. The van der Waals surface area contributed by atoms with Crippen LogP contribution in [0.4, 0.5) is 5.69 Å². The molecule has 5 nitrogen and oxygen atoms in total. The van der Waals surface area contributed by atoms with Gasteiger partial charge in [-0.15, -0.1) is 0 Å². The van der Waals surface area contributed by atoms with Gasteiger partial charge in [0.25, 0.3) is 0 Å². The number of benzene rings is 1. The maximum Gasteiger partial charge on any atom is 0.242 e. The molecule has 1 aromatic carbocycles. The minimum Gasteiger partial charge on any atom is -0.365 e. The van der Waals surface area contributed by atoms with Crippen molar-refractivity contribution in [3.8, 4) is 0 Å². The first kappa shape index (κ1) is 14.6. The highest BCUT2D eigenvalue weighted by Crippen LogP contribution is 2.24. The van der Waals surface area contributed by atoms with E-state index in [0.717, 1.165) is 37.4 Å². The van der Waals surface area contributed by atoms with Crippen LogP contribution in [0.1, 0.15) is 24.6 Å². The maximum absolute atomic E-state index is 12.6. The van der Waals surface area contributed by atoms with Crippen molar-refractivity contribution < 1.29 is 4.79 Å². The monoisotopic (exact) mass is 298 g/mol. The molecule has 1 aromatic heterocycles. The van der Waals surface area contributed by atoms with Crippen molar-refractivity contribution in [3.05, 3.63) is 48.5 Å². The lowest BCUT2D eigenvalue weighted by Gasteiger charge is -2.33. The van der Waals surface area contributed by atoms with Gasteiger partial charge in [-0.25, -0.2) is 4.98 Å². The minimum absolute atomic E-state index is 0.183. The molecule has 1 fully saturated rings. The second-order valence-corrected chi connectivity index (χ2v) is 5.84. The first-order valence-corrected chi connectivity index (χ1v) is 7.77. The molecule has 1 saturated heterocycles. The molecule has 1 atom stereocenters. The largest absolute Gasteiger partial charge is 0.365 e. The van der Waals surface area contributed by atoms with Gasteiger partial charge in [0.2, 0.25) is 5.91 Å². The van der Waals surface area contributed by atoms with E-state index < -0.39 is 0 Å². The molecule has 1 aliphatic rings. The number of anilines is 1. The fraction of sp³-hybridized carbons (Fsp3) is 0.412. The van der Waals surface area contributed by atoms with Gasteiger partial charge in [-0.2, -0.15) is 0 Å². The van der Waals surface area contributed by atoms with Crippen molar-refractivity contribution in [1.82, 2.24) is 14.9 Å². The number of piperidine rings is 1. The quantitative estimate of drug-likeness (QED) is 0.942. The Bertz CT molecular complexity index is 596. The number of H-pyrrole nitrogens is 1. The zero-order chi connectivity index (χ0) is 15.4. The third-order valence-corrected chi connectivity index (χ3v) is 4.25. The number of nitrogens with one attached hydrogen (secondary N) is 1. The van der Waals surface area contributed by atoms with E-state index in [4.69, 9.17) is 0 Å². The van der Waals surface area contributed by atoms with E-state index in [1.54, 1.807) is 6.20 Å². The highest BCUT2D eigenvalue weighted by molar-refractivity contribution is 5.81. The summed E-state index contributed by atoms with van der Waals surface area (Å²) in [7, 11) is 1.96. The Labute approximate surface area is 131 Å². The third-order valence-electron chi connectivity index (χ3n) is 4.25. The summed E-state index contributed by atoms with van der Waals surface area (Å²) in [5.41, 5.74) is 1.07. The molecule has 0 aliphatic carbocycles. The van der Waals surface area contributed by atoms with E-state index in [-0.39, 0.29) is 5.91 Å². The Balaban J connectivity index is 1.60. The number of likely N-dealkylation sites (N-methyl/N-ethyl adjacent to an activating group) is 1. The summed E-state index contributed by atoms with van der Waals surface area (Å²) in [5.74, 6) is 1.51. The minimum atomic E-state index is 0.183. The van der Waals surface area contributed by atoms with Crippen molar-refractivity contribution >= 4 is 11.6 Å². The maximum atomic E-state index is 12.6. The molecule has 1 amide bonds. The molecule has 0 bridgehead atoms. The zero-order valence-corrected chi connectivity index (χ0v) is 12.9. The number of hydrogen-bond donors (Lipinski definition) is 1. The van der Waals surface area contributed by atoms with Crippen molar-refractivity contribution in [1.29, 1.82) is 0 Å². The van der Waals surface area contributed by atoms with Crippen molar-refractivity contribution in [2.75, 3.05) is 31.6 Å². The molecular weight excluding hydrogens is 276 g/mol. The zero-order valence-electron chi connectivity index (χ0n) is 12.9. The second kappa shape index (κ2) is 6.64. The number of carbonyl (C=O) groups excluding carboxylic acids is 1. The van der Waals surface area contributed by atoms with Crippen LogP contribution in [-0.4, -0.2) is 47.5 Å². The normalized spacial score (nSPS) is 18.2. The SMILES string of the molecule is CN(CC(=O)N1CCC[C@H](c2ncc[nH]2)C1)c1ccccc1. The second-order valence-electron chi connectivity index (χ2n) is 5.84. The standard InChI is InChI=1S/C17H22N4O/c1-20(15-7-3-2-4-8-15)13-16(22)21-11-5-6-14(12-21)17-18-9-10-19-17/h2-4,7-10,14H,5-6,11-13H2,1H3,(H,18,19)/t14-/m0/s1. The number of rotatable bonds is 4. The number of imidazole rings is 1. The predicted octanol–water partition coefficient (Wildman–Crippen LogP) is 2.25. The van der Waals surface area contributed by atoms with Gasteiger partial charge in [0.1, 0.15) is 5.82 Å². The fourth-order valence-corrected chi connectivity index (χ4v) is 3.00. The van der Waals surface area contributed by atoms with Gasteiger partial charge < -0.3 is 14.8 Å². The topological polar surface area (TPSA) is 52.2 Å². The molecule has 116 valence electrons. The molecule has 1 aliphatic heterocycles. The predicted molar refractivity (Wildman–Crippen MR) is 86.9 cm³/mol. The van der Waals surface area contributed by atoms with Crippen LogP contribution in [0.25, 0.3) is 0 Å². The Morgan fingerprint density at radius 3 is 2.95 bits per heavy atom. The van der Waals surface area contributed by atoms with Crippen molar-refractivity contribution in [3.63, 3.8) is 0 Å². The summed E-state index contributed by atoms with van der Waals surface area (Å²) in [6, 6.07) is 10.0. The Morgan fingerprint density at radius 1 is 1.41 bits per heavy atom. The van der Waals surface area contributed by atoms with E-state index >= 15 is 0 Å². The number of amides is 1. The molecule has 3 rings (SSSR count). The fourth-order valence-electron chi connectivity index (χ4n) is 3.00. The lowest BCUT2D eigenvalue weighted by atomic mass is 9.97. The van der Waals surface area contributed by atoms with Crippen molar-refractivity contribution in [2.24, 2.45) is 0 Å². The van der Waals surface area contributed by atoms with Gasteiger partial charge in [-0.1, -0.05) is 18.2 Å². The molecule has 2 aromatic rings. The number of aromatic amines is 1. The average molecular weight is 298 g/mol. The molecule has 22 heavy (non-hydrogen) atoms. The van der Waals surface area contributed by atoms with Crippen LogP contribution in [0.15, 0.2) is 42.7 Å². The Hall–Kier alpha value is -2.30. The lowest BCUT2D eigenvalue weighted by molar-refractivity contribution is -0.130. The lowest BCUT2D eigenvalue weighted by Crippen LogP contribution is -2.44. The molecule has 5 heteroatoms. The van der Waals surface area contributed by atoms with E-state index in [1.165, 1.54) is 0 Å². The van der Waals surface area contributed by atoms with Gasteiger partial charge in [0.05, 0.1) is 6.54 Å². The molecule has 0 radical (unpaired) electrons. The highest BCUT2D eigenvalue weighted by Gasteiger charge is 2.26. The van der Waals surface area contributed by atoms with Crippen LogP contribution in [0.5, 0.6) is 0 Å². The number of hydrogen-bond acceptors (Lipinski definition) is 3. The van der Waals surface area contributed by atoms with E-state index in [0.29, 0.717) is 12.5 Å². The van der Waals surface area contributed by atoms with Crippen LogP contribution >= 0.6 is 0 Å². The van der Waals surface area contributed by atoms with Gasteiger partial charge in [0, 0.05) is 44.1 Å². The number of aromatic nitrogens is 2. The van der Waals surface area contributed by atoms with Crippen LogP contribution in [-0.2, 0) is 4.79 Å². The van der Waals surface area contributed by atoms with Gasteiger partial charge in [-0.3, -0.25) is 4.79 Å². The van der Waals surface area contributed by atoms with Gasteiger partial charge in [0.15, 0.2) is 0 Å². The summed E-state index contributed by atoms with van der Waals surface area (Å²) < 4.78 is 0. The summed E-state index contributed by atoms with van der Waals surface area (Å²) in [4.78, 5) is 24.0. The van der Waals surface area contributed by atoms with Crippen LogP contribution in [0.3, 0.4) is 0 Å². The van der Waals surface area contributed by atoms with Gasteiger partial charge in [-0.05, 0) is 25.0 Å². The number of nitrogens with zero attached hydrogens (tertiary/aromatic N) is 3. The van der Waals surface area contributed by atoms with Crippen LogP contribution < -0.4 is 4.90 Å². The number of likely N-dealkylation sites (tertiary alicyclic amines) is 1. The first-order valence-electron chi connectivity index (χ1n) is 7.77. The first-order chi connectivity index (χ1) is 10.7. The van der Waals surface area contributed by atoms with Crippen LogP contribution in [0.2, 0.25) is 0 Å². The summed E-state index contributed by atoms with van der Waals surface area (Å²) in [5, 5.41) is 0. The van der Waals surface area contributed by atoms with E-state index in [1.807, 2.05) is 53.4 Å². The number of carbonyl (C=O) groups is 1. The highest BCUT2D eigenvalue weighted by atomic mass is 16.2. The molecule has 2 heterocycles. The smallest absolute Gasteiger partial charge is 0.242 e. The molecule has 0 saturated carbocycles. The summed E-state index contributed by atoms with van der Waals surface area (Å²) in [6.07, 6.45) is 5.75. The summed E-state index contributed by atoms with van der Waals surface area (Å²) >= 11 is 0. The van der Waals surface area contributed by atoms with E-state index in [2.05, 4.69) is 9.97 Å². The summed E-state index contributed by atoms with van der Waals surface area (Å²) in [6.45, 7) is 2.02. The van der Waals surface area contributed by atoms with Crippen LogP contribution in [0, 0.1) is 0 Å². The molecule has 1 N–H and O–H groups in total. The number of para-hydroxylation sites is 1. The molecule has 0 spiro atoms. The third kappa shape index (κ3) is 3.30. The van der Waals surface area contributed by atoms with Crippen molar-refractivity contribution in [2.45, 2.75) is 18.8 Å². The average Bonchev–Trinajstić information content (AvgIpc) is 3.10. The van der Waals surface area contributed by atoms with Gasteiger partial charge >= 0.3 is 0 Å². The van der Waals surface area contributed by atoms with E-state index in [9.17, 15) is 4.79 Å². The molecular formula is C17H22N4O.